The molecule has 1 atom stereocenters. The quantitative estimate of drug-likeness (QED) is 0.803. The third kappa shape index (κ3) is 5.33. The van der Waals surface area contributed by atoms with Gasteiger partial charge in [0.25, 0.3) is 0 Å². The van der Waals surface area contributed by atoms with Crippen LogP contribution in [0.4, 0.5) is 0 Å². The Morgan fingerprint density at radius 1 is 1.20 bits per heavy atom. The molecule has 2 aliphatic heterocycles. The van der Waals surface area contributed by atoms with Gasteiger partial charge in [0.05, 0.1) is 13.2 Å². The van der Waals surface area contributed by atoms with E-state index in [1.165, 1.54) is 0 Å². The topological polar surface area (TPSA) is 42.0 Å². The summed E-state index contributed by atoms with van der Waals surface area (Å²) in [4.78, 5) is 17.0. The van der Waals surface area contributed by atoms with Crippen molar-refractivity contribution in [1.82, 2.24) is 9.80 Å². The van der Waals surface area contributed by atoms with Gasteiger partial charge in [-0.2, -0.15) is 0 Å². The van der Waals surface area contributed by atoms with Crippen LogP contribution in [-0.4, -0.2) is 67.7 Å². The van der Waals surface area contributed by atoms with Crippen molar-refractivity contribution < 1.29 is 14.3 Å². The van der Waals surface area contributed by atoms with Crippen molar-refractivity contribution in [3.05, 3.63) is 29.3 Å². The molecule has 138 valence electrons. The van der Waals surface area contributed by atoms with Crippen LogP contribution in [0.3, 0.4) is 0 Å². The van der Waals surface area contributed by atoms with Gasteiger partial charge >= 0.3 is 0 Å². The number of carbonyl (C=O) groups excluding carboxylic acids is 1. The highest BCUT2D eigenvalue weighted by molar-refractivity contribution is 6.30. The molecule has 1 amide bonds. The second-order valence-corrected chi connectivity index (χ2v) is 7.35. The smallest absolute Gasteiger partial charge is 0.226 e. The number of piperidine rings is 1. The number of ether oxygens (including phenoxy) is 2. The van der Waals surface area contributed by atoms with Gasteiger partial charge in [0, 0.05) is 56.5 Å². The first-order valence-corrected chi connectivity index (χ1v) is 9.51. The minimum Gasteiger partial charge on any atom is -0.490 e. The van der Waals surface area contributed by atoms with Crippen LogP contribution >= 0.6 is 11.6 Å². The fourth-order valence-electron chi connectivity index (χ4n) is 3.46. The van der Waals surface area contributed by atoms with Crippen molar-refractivity contribution >= 4 is 17.5 Å². The number of morpholine rings is 1. The fourth-order valence-corrected chi connectivity index (χ4v) is 3.59. The van der Waals surface area contributed by atoms with Crippen molar-refractivity contribution in [2.24, 2.45) is 5.92 Å². The average Bonchev–Trinajstić information content (AvgIpc) is 2.64. The predicted molar refractivity (Wildman–Crippen MR) is 98.1 cm³/mol. The fraction of sp³-hybridized carbons (Fsp3) is 0.632. The molecule has 3 rings (SSSR count). The first-order valence-electron chi connectivity index (χ1n) is 9.13. The number of amides is 1. The molecule has 2 heterocycles. The summed E-state index contributed by atoms with van der Waals surface area (Å²) in [6, 6.07) is 7.46. The predicted octanol–water partition coefficient (Wildman–Crippen LogP) is 2.68. The Bertz CT molecular complexity index is 552. The summed E-state index contributed by atoms with van der Waals surface area (Å²) >= 11 is 5.90. The zero-order valence-corrected chi connectivity index (χ0v) is 15.6. The molecule has 25 heavy (non-hydrogen) atoms. The van der Waals surface area contributed by atoms with Crippen molar-refractivity contribution in [3.8, 4) is 5.75 Å². The van der Waals surface area contributed by atoms with E-state index in [1.807, 2.05) is 36.1 Å². The van der Waals surface area contributed by atoms with Gasteiger partial charge in [0.15, 0.2) is 0 Å². The van der Waals surface area contributed by atoms with Crippen molar-refractivity contribution in [1.29, 1.82) is 0 Å². The summed E-state index contributed by atoms with van der Waals surface area (Å²) < 4.78 is 11.4. The molecule has 6 heteroatoms. The molecule has 1 unspecified atom stereocenters. The van der Waals surface area contributed by atoms with Gasteiger partial charge in [-0.15, -0.1) is 0 Å². The molecule has 5 nitrogen and oxygen atoms in total. The van der Waals surface area contributed by atoms with E-state index >= 15 is 0 Å². The normalized spacial score (nSPS) is 21.1. The molecule has 0 aromatic heterocycles. The van der Waals surface area contributed by atoms with Crippen LogP contribution in [0, 0.1) is 5.92 Å². The van der Waals surface area contributed by atoms with E-state index in [0.29, 0.717) is 5.02 Å². The van der Waals surface area contributed by atoms with Crippen molar-refractivity contribution in [3.63, 3.8) is 0 Å². The molecular weight excluding hydrogens is 340 g/mol. The molecule has 1 aromatic carbocycles. The van der Waals surface area contributed by atoms with Crippen LogP contribution in [0.5, 0.6) is 5.75 Å². The lowest BCUT2D eigenvalue weighted by atomic mass is 10.0. The molecule has 2 saturated heterocycles. The Balaban J connectivity index is 1.43. The number of likely N-dealkylation sites (tertiary alicyclic amines) is 1. The first kappa shape index (κ1) is 18.5. The minimum absolute atomic E-state index is 0.0341. The van der Waals surface area contributed by atoms with Crippen molar-refractivity contribution in [2.45, 2.75) is 25.9 Å². The largest absolute Gasteiger partial charge is 0.490 e. The van der Waals surface area contributed by atoms with E-state index in [2.05, 4.69) is 4.90 Å². The van der Waals surface area contributed by atoms with Crippen LogP contribution in [0.2, 0.25) is 5.02 Å². The number of halogens is 1. The third-order valence-electron chi connectivity index (χ3n) is 4.93. The summed E-state index contributed by atoms with van der Waals surface area (Å²) in [5.41, 5.74) is 0. The Labute approximate surface area is 154 Å². The van der Waals surface area contributed by atoms with Crippen LogP contribution in [0.1, 0.15) is 19.8 Å². The molecule has 0 spiro atoms. The summed E-state index contributed by atoms with van der Waals surface area (Å²) in [6.07, 6.45) is 1.91. The lowest BCUT2D eigenvalue weighted by molar-refractivity contribution is -0.137. The van der Waals surface area contributed by atoms with Crippen LogP contribution in [0.25, 0.3) is 0 Å². The zero-order valence-electron chi connectivity index (χ0n) is 14.8. The molecule has 2 fully saturated rings. The molecule has 0 radical (unpaired) electrons. The standard InChI is InChI=1S/C19H27ClN2O3/c1-15(14-21-10-12-24-13-11-21)19(23)22-8-6-18(7-9-22)25-17-4-2-16(20)3-5-17/h2-5,15,18H,6-14H2,1H3. The van der Waals surface area contributed by atoms with Crippen LogP contribution in [0.15, 0.2) is 24.3 Å². The maximum absolute atomic E-state index is 12.7. The molecule has 0 aliphatic carbocycles. The number of carbonyl (C=O) groups is 1. The number of nitrogens with zero attached hydrogens (tertiary/aromatic N) is 2. The Morgan fingerprint density at radius 3 is 2.48 bits per heavy atom. The van der Waals surface area contributed by atoms with Gasteiger partial charge in [-0.1, -0.05) is 18.5 Å². The average molecular weight is 367 g/mol. The van der Waals surface area contributed by atoms with Crippen LogP contribution in [-0.2, 0) is 9.53 Å². The third-order valence-corrected chi connectivity index (χ3v) is 5.18. The van der Waals surface area contributed by atoms with Crippen LogP contribution < -0.4 is 4.74 Å². The number of hydrogen-bond acceptors (Lipinski definition) is 4. The van der Waals surface area contributed by atoms with E-state index in [1.54, 1.807) is 0 Å². The molecule has 1 aromatic rings. The minimum atomic E-state index is 0.0341. The van der Waals surface area contributed by atoms with Gasteiger partial charge in [0.2, 0.25) is 5.91 Å². The highest BCUT2D eigenvalue weighted by atomic mass is 35.5. The lowest BCUT2D eigenvalue weighted by Gasteiger charge is -2.35. The van der Waals surface area contributed by atoms with E-state index in [0.717, 1.165) is 64.5 Å². The monoisotopic (exact) mass is 366 g/mol. The molecule has 0 bridgehead atoms. The summed E-state index contributed by atoms with van der Waals surface area (Å²) in [5.74, 6) is 1.14. The SMILES string of the molecule is CC(CN1CCOCC1)C(=O)N1CCC(Oc2ccc(Cl)cc2)CC1. The molecular formula is C19H27ClN2O3. The number of hydrogen-bond donors (Lipinski definition) is 0. The first-order chi connectivity index (χ1) is 12.1. The van der Waals surface area contributed by atoms with Gasteiger partial charge < -0.3 is 14.4 Å². The van der Waals surface area contributed by atoms with E-state index in [-0.39, 0.29) is 17.9 Å². The van der Waals surface area contributed by atoms with Gasteiger partial charge in [-0.25, -0.2) is 0 Å². The second-order valence-electron chi connectivity index (χ2n) is 6.91. The molecule has 2 aliphatic rings. The van der Waals surface area contributed by atoms with Crippen molar-refractivity contribution in [2.75, 3.05) is 45.9 Å². The number of rotatable bonds is 5. The van der Waals surface area contributed by atoms with Gasteiger partial charge in [-0.05, 0) is 24.3 Å². The second kappa shape index (κ2) is 8.88. The lowest BCUT2D eigenvalue weighted by Crippen LogP contribution is -2.47. The maximum Gasteiger partial charge on any atom is 0.226 e. The Kier molecular flexibility index (Phi) is 6.57. The number of benzene rings is 1. The molecule has 0 N–H and O–H groups in total. The van der Waals surface area contributed by atoms with E-state index < -0.39 is 0 Å². The van der Waals surface area contributed by atoms with Gasteiger partial charge in [-0.3, -0.25) is 9.69 Å². The summed E-state index contributed by atoms with van der Waals surface area (Å²) in [7, 11) is 0. The highest BCUT2D eigenvalue weighted by Crippen LogP contribution is 2.22. The van der Waals surface area contributed by atoms with E-state index in [4.69, 9.17) is 21.1 Å². The van der Waals surface area contributed by atoms with Gasteiger partial charge in [0.1, 0.15) is 11.9 Å². The molecule has 0 saturated carbocycles. The Morgan fingerprint density at radius 2 is 1.84 bits per heavy atom. The zero-order chi connectivity index (χ0) is 17.6. The summed E-state index contributed by atoms with van der Waals surface area (Å²) in [6.45, 7) is 7.79. The maximum atomic E-state index is 12.7. The Hall–Kier alpha value is -1.30. The summed E-state index contributed by atoms with van der Waals surface area (Å²) in [5, 5.41) is 0.710. The van der Waals surface area contributed by atoms with E-state index in [9.17, 15) is 4.79 Å². The highest BCUT2D eigenvalue weighted by Gasteiger charge is 2.28.